The Morgan fingerprint density at radius 3 is 3.06 bits per heavy atom. The Kier molecular flexibility index (Phi) is 4.49. The van der Waals surface area contributed by atoms with Crippen molar-refractivity contribution in [3.63, 3.8) is 0 Å². The van der Waals surface area contributed by atoms with Crippen molar-refractivity contribution in [3.8, 4) is 0 Å². The third-order valence-corrected chi connectivity index (χ3v) is 3.71. The first-order chi connectivity index (χ1) is 8.69. The second-order valence-corrected chi connectivity index (χ2v) is 5.36. The molecule has 0 unspecified atom stereocenters. The van der Waals surface area contributed by atoms with Crippen LogP contribution in [0.15, 0.2) is 11.5 Å². The molecule has 1 amide bonds. The lowest BCUT2D eigenvalue weighted by atomic mass is 10.1. The summed E-state index contributed by atoms with van der Waals surface area (Å²) in [4.78, 5) is 17.8. The van der Waals surface area contributed by atoms with Gasteiger partial charge >= 0.3 is 0 Å². The van der Waals surface area contributed by atoms with Crippen molar-refractivity contribution in [2.24, 2.45) is 0 Å². The highest BCUT2D eigenvalue weighted by Crippen LogP contribution is 2.26. The summed E-state index contributed by atoms with van der Waals surface area (Å²) in [5, 5.41) is 5.43. The van der Waals surface area contributed by atoms with E-state index in [0.717, 1.165) is 31.7 Å². The predicted molar refractivity (Wildman–Crippen MR) is 75.7 cm³/mol. The first kappa shape index (κ1) is 13.2. The fourth-order valence-corrected chi connectivity index (χ4v) is 2.87. The Morgan fingerprint density at radius 1 is 1.61 bits per heavy atom. The zero-order chi connectivity index (χ0) is 13.0. The van der Waals surface area contributed by atoms with Crippen molar-refractivity contribution in [1.29, 1.82) is 0 Å². The highest BCUT2D eigenvalue weighted by molar-refractivity contribution is 7.14. The number of thiazole rings is 1. The van der Waals surface area contributed by atoms with Crippen LogP contribution in [0.1, 0.15) is 32.4 Å². The Labute approximate surface area is 112 Å². The molecule has 2 heterocycles. The molecule has 0 atom stereocenters. The average Bonchev–Trinajstić information content (AvgIpc) is 2.78. The number of nitrogens with zero attached hydrogens (tertiary/aromatic N) is 2. The lowest BCUT2D eigenvalue weighted by Crippen LogP contribution is -2.29. The predicted octanol–water partition coefficient (Wildman–Crippen LogP) is 2.60. The summed E-state index contributed by atoms with van der Waals surface area (Å²) in [7, 11) is 0. The van der Waals surface area contributed by atoms with Gasteiger partial charge < -0.3 is 5.32 Å². The van der Waals surface area contributed by atoms with Gasteiger partial charge in [0.1, 0.15) is 0 Å². The van der Waals surface area contributed by atoms with E-state index >= 15 is 0 Å². The number of carbonyl (C=O) groups excluding carboxylic acids is 1. The van der Waals surface area contributed by atoms with Crippen molar-refractivity contribution in [2.75, 3.05) is 25.0 Å². The standard InChI is InChI=1S/C13H19N3OS/c1-3-6-16-7-4-11(5-8-16)12-9-18-13(15-12)14-10(2)17/h4,9H,3,5-8H2,1-2H3,(H,14,15,17). The normalized spacial score (nSPS) is 16.4. The smallest absolute Gasteiger partial charge is 0.223 e. The third-order valence-electron chi connectivity index (χ3n) is 2.95. The van der Waals surface area contributed by atoms with Crippen molar-refractivity contribution < 1.29 is 4.79 Å². The minimum atomic E-state index is -0.0670. The molecule has 18 heavy (non-hydrogen) atoms. The van der Waals surface area contributed by atoms with E-state index in [0.29, 0.717) is 5.13 Å². The summed E-state index contributed by atoms with van der Waals surface area (Å²) < 4.78 is 0. The first-order valence-electron chi connectivity index (χ1n) is 6.34. The summed E-state index contributed by atoms with van der Waals surface area (Å²) in [6.45, 7) is 6.99. The van der Waals surface area contributed by atoms with Crippen LogP contribution in [0.5, 0.6) is 0 Å². The van der Waals surface area contributed by atoms with Gasteiger partial charge in [-0.15, -0.1) is 11.3 Å². The number of aromatic nitrogens is 1. The minimum absolute atomic E-state index is 0.0670. The van der Waals surface area contributed by atoms with Gasteiger partial charge in [0.25, 0.3) is 0 Å². The average molecular weight is 265 g/mol. The second-order valence-electron chi connectivity index (χ2n) is 4.50. The molecule has 98 valence electrons. The maximum Gasteiger partial charge on any atom is 0.223 e. The van der Waals surface area contributed by atoms with Crippen LogP contribution in [0, 0.1) is 0 Å². The van der Waals surface area contributed by atoms with Crippen LogP contribution in [-0.4, -0.2) is 35.4 Å². The van der Waals surface area contributed by atoms with E-state index in [9.17, 15) is 4.79 Å². The van der Waals surface area contributed by atoms with Crippen LogP contribution < -0.4 is 5.32 Å². The highest BCUT2D eigenvalue weighted by Gasteiger charge is 2.14. The quantitative estimate of drug-likeness (QED) is 0.910. The molecule has 1 aromatic heterocycles. The topological polar surface area (TPSA) is 45.2 Å². The fourth-order valence-electron chi connectivity index (χ4n) is 2.09. The lowest BCUT2D eigenvalue weighted by Gasteiger charge is -2.25. The maximum atomic E-state index is 10.9. The molecule has 5 heteroatoms. The zero-order valence-corrected chi connectivity index (χ0v) is 11.7. The van der Waals surface area contributed by atoms with E-state index < -0.39 is 0 Å². The molecule has 1 N–H and O–H groups in total. The number of rotatable bonds is 4. The van der Waals surface area contributed by atoms with Gasteiger partial charge in [0.15, 0.2) is 5.13 Å². The zero-order valence-electron chi connectivity index (χ0n) is 10.9. The molecule has 1 aliphatic rings. The molecule has 1 aliphatic heterocycles. The molecule has 0 aromatic carbocycles. The molecule has 0 aliphatic carbocycles. The molecule has 0 saturated heterocycles. The SMILES string of the molecule is CCCN1CC=C(c2csc(NC(C)=O)n2)CC1. The van der Waals surface area contributed by atoms with E-state index in [2.05, 4.69) is 28.2 Å². The Balaban J connectivity index is 2.00. The van der Waals surface area contributed by atoms with Crippen LogP contribution >= 0.6 is 11.3 Å². The van der Waals surface area contributed by atoms with Gasteiger partial charge in [0.05, 0.1) is 5.69 Å². The molecule has 2 rings (SSSR count). The summed E-state index contributed by atoms with van der Waals surface area (Å²) >= 11 is 1.49. The second kappa shape index (κ2) is 6.11. The number of nitrogens with one attached hydrogen (secondary N) is 1. The molecular formula is C13H19N3OS. The van der Waals surface area contributed by atoms with Crippen molar-refractivity contribution in [3.05, 3.63) is 17.2 Å². The molecule has 0 radical (unpaired) electrons. The molecule has 0 saturated carbocycles. The molecule has 0 fully saturated rings. The number of carbonyl (C=O) groups is 1. The monoisotopic (exact) mass is 265 g/mol. The van der Waals surface area contributed by atoms with Gasteiger partial charge in [-0.3, -0.25) is 9.69 Å². The van der Waals surface area contributed by atoms with Gasteiger partial charge in [0, 0.05) is 25.4 Å². The minimum Gasteiger partial charge on any atom is -0.302 e. The van der Waals surface area contributed by atoms with Crippen molar-refractivity contribution in [2.45, 2.75) is 26.7 Å². The first-order valence-corrected chi connectivity index (χ1v) is 7.22. The third kappa shape index (κ3) is 3.40. The van der Waals surface area contributed by atoms with Crippen LogP contribution in [0.3, 0.4) is 0 Å². The molecule has 0 bridgehead atoms. The van der Waals surface area contributed by atoms with E-state index in [1.165, 1.54) is 30.3 Å². The number of anilines is 1. The highest BCUT2D eigenvalue weighted by atomic mass is 32.1. The molecule has 4 nitrogen and oxygen atoms in total. The van der Waals surface area contributed by atoms with E-state index in [-0.39, 0.29) is 5.91 Å². The van der Waals surface area contributed by atoms with Crippen LogP contribution in [-0.2, 0) is 4.79 Å². The Morgan fingerprint density at radius 2 is 2.44 bits per heavy atom. The maximum absolute atomic E-state index is 10.9. The Bertz CT molecular complexity index is 453. The van der Waals surface area contributed by atoms with E-state index in [1.807, 2.05) is 5.38 Å². The van der Waals surface area contributed by atoms with Crippen LogP contribution in [0.25, 0.3) is 5.57 Å². The molecule has 0 spiro atoms. The van der Waals surface area contributed by atoms with Crippen molar-refractivity contribution >= 4 is 27.9 Å². The summed E-state index contributed by atoms with van der Waals surface area (Å²) in [6, 6.07) is 0. The van der Waals surface area contributed by atoms with Crippen LogP contribution in [0.4, 0.5) is 5.13 Å². The largest absolute Gasteiger partial charge is 0.302 e. The van der Waals surface area contributed by atoms with Gasteiger partial charge in [-0.25, -0.2) is 4.98 Å². The summed E-state index contributed by atoms with van der Waals surface area (Å²) in [5.41, 5.74) is 2.31. The molecular weight excluding hydrogens is 246 g/mol. The molecule has 1 aromatic rings. The van der Waals surface area contributed by atoms with Gasteiger partial charge in [-0.1, -0.05) is 13.0 Å². The Hall–Kier alpha value is -1.20. The van der Waals surface area contributed by atoms with E-state index in [1.54, 1.807) is 0 Å². The fraction of sp³-hybridized carbons (Fsp3) is 0.538. The van der Waals surface area contributed by atoms with Gasteiger partial charge in [-0.2, -0.15) is 0 Å². The lowest BCUT2D eigenvalue weighted by molar-refractivity contribution is -0.114. The van der Waals surface area contributed by atoms with Gasteiger partial charge in [0.2, 0.25) is 5.91 Å². The van der Waals surface area contributed by atoms with Gasteiger partial charge in [-0.05, 0) is 25.0 Å². The number of amides is 1. The summed E-state index contributed by atoms with van der Waals surface area (Å²) in [5.74, 6) is -0.0670. The van der Waals surface area contributed by atoms with Crippen LogP contribution in [0.2, 0.25) is 0 Å². The summed E-state index contributed by atoms with van der Waals surface area (Å²) in [6.07, 6.45) is 4.50. The van der Waals surface area contributed by atoms with E-state index in [4.69, 9.17) is 0 Å². The van der Waals surface area contributed by atoms with Crippen molar-refractivity contribution in [1.82, 2.24) is 9.88 Å². The number of hydrogen-bond donors (Lipinski definition) is 1. The number of hydrogen-bond acceptors (Lipinski definition) is 4.